The molecule has 0 rings (SSSR count). The number of unbranched alkanes of at least 4 members (excludes halogenated alkanes) is 16. The van der Waals surface area contributed by atoms with E-state index in [0.29, 0.717) is 5.91 Å². The summed E-state index contributed by atoms with van der Waals surface area (Å²) in [5.74, 6) is 0.309. The lowest BCUT2D eigenvalue weighted by molar-refractivity contribution is -0.129. The van der Waals surface area contributed by atoms with Gasteiger partial charge in [0.2, 0.25) is 5.91 Å². The maximum absolute atomic E-state index is 11.7. The average Bonchev–Trinajstić information content (AvgIpc) is 2.63. The fraction of sp³-hybridized carbons (Fsp3) is 0.957. The molecule has 1 amide bonds. The van der Waals surface area contributed by atoms with Gasteiger partial charge in [-0.25, -0.2) is 0 Å². The molecule has 0 aliphatic carbocycles. The number of rotatable bonds is 19. The summed E-state index contributed by atoms with van der Waals surface area (Å²) < 4.78 is 0. The van der Waals surface area contributed by atoms with Crippen LogP contribution in [0.2, 0.25) is 0 Å². The fourth-order valence-corrected chi connectivity index (χ4v) is 3.37. The minimum absolute atomic E-state index is 0.309. The third-order valence-electron chi connectivity index (χ3n) is 5.39. The lowest BCUT2D eigenvalue weighted by Crippen LogP contribution is -2.25. The Morgan fingerprint density at radius 2 is 0.880 bits per heavy atom. The molecule has 0 atom stereocenters. The van der Waals surface area contributed by atoms with Crippen LogP contribution in [0.5, 0.6) is 0 Å². The largest absolute Gasteiger partial charge is 0.346 e. The molecule has 0 aromatic rings. The molecule has 0 saturated carbocycles. The molecule has 0 aromatic carbocycles. The number of hydrogen-bond donors (Lipinski definition) is 0. The van der Waals surface area contributed by atoms with Crippen LogP contribution in [0.1, 0.15) is 129 Å². The normalized spacial score (nSPS) is 11.0. The maximum Gasteiger partial charge on any atom is 0.222 e. The summed E-state index contributed by atoms with van der Waals surface area (Å²) in [5.41, 5.74) is 0. The Morgan fingerprint density at radius 3 is 1.20 bits per heavy atom. The van der Waals surface area contributed by atoms with Crippen LogP contribution in [-0.4, -0.2) is 24.4 Å². The van der Waals surface area contributed by atoms with Crippen molar-refractivity contribution in [3.8, 4) is 0 Å². The quantitative estimate of drug-likeness (QED) is 0.220. The Labute approximate surface area is 159 Å². The monoisotopic (exact) mass is 353 g/mol. The van der Waals surface area contributed by atoms with Crippen molar-refractivity contribution in [2.45, 2.75) is 129 Å². The van der Waals surface area contributed by atoms with Gasteiger partial charge in [-0.15, -0.1) is 0 Å². The third kappa shape index (κ3) is 18.1. The molecule has 0 N–H and O–H groups in total. The molecule has 2 heteroatoms. The highest BCUT2D eigenvalue weighted by Crippen LogP contribution is 2.14. The zero-order valence-electron chi connectivity index (χ0n) is 17.8. The molecule has 0 heterocycles. The van der Waals surface area contributed by atoms with E-state index in [9.17, 15) is 4.79 Å². The lowest BCUT2D eigenvalue weighted by Gasteiger charge is -2.13. The first-order valence-corrected chi connectivity index (χ1v) is 11.5. The summed E-state index contributed by atoms with van der Waals surface area (Å²) in [6, 6.07) is 0. The van der Waals surface area contributed by atoms with Crippen LogP contribution in [0.15, 0.2) is 0 Å². The zero-order valence-corrected chi connectivity index (χ0v) is 17.8. The standard InChI is InChI=1S/C23H47NO/c1-4-6-7-8-9-10-11-12-13-14-15-16-17-18-19-20-21-22-23(25)24(3)5-2/h4-22H2,1-3H3. The van der Waals surface area contributed by atoms with Crippen LogP contribution in [0, 0.1) is 0 Å². The number of nitrogens with zero attached hydrogens (tertiary/aromatic N) is 1. The number of carbonyl (C=O) groups is 1. The van der Waals surface area contributed by atoms with Crippen LogP contribution < -0.4 is 0 Å². The Morgan fingerprint density at radius 1 is 0.560 bits per heavy atom. The van der Waals surface area contributed by atoms with Crippen molar-refractivity contribution in [2.24, 2.45) is 0 Å². The van der Waals surface area contributed by atoms with Crippen molar-refractivity contribution in [3.05, 3.63) is 0 Å². The Balaban J connectivity index is 3.08. The van der Waals surface area contributed by atoms with Crippen molar-refractivity contribution < 1.29 is 4.79 Å². The fourth-order valence-electron chi connectivity index (χ4n) is 3.37. The first kappa shape index (κ1) is 24.5. The SMILES string of the molecule is CCCCCCCCCCCCCCCCCCCC(=O)N(C)CC. The van der Waals surface area contributed by atoms with Gasteiger partial charge in [0, 0.05) is 20.0 Å². The van der Waals surface area contributed by atoms with E-state index in [4.69, 9.17) is 0 Å². The number of hydrogen-bond acceptors (Lipinski definition) is 1. The molecule has 2 nitrogen and oxygen atoms in total. The minimum Gasteiger partial charge on any atom is -0.346 e. The van der Waals surface area contributed by atoms with E-state index in [1.54, 1.807) is 0 Å². The molecule has 0 radical (unpaired) electrons. The van der Waals surface area contributed by atoms with Gasteiger partial charge in [0.05, 0.1) is 0 Å². The molecule has 150 valence electrons. The summed E-state index contributed by atoms with van der Waals surface area (Å²) in [4.78, 5) is 13.5. The second-order valence-electron chi connectivity index (χ2n) is 7.81. The number of amides is 1. The molecule has 0 aliphatic rings. The first-order chi connectivity index (χ1) is 12.2. The average molecular weight is 354 g/mol. The van der Waals surface area contributed by atoms with Crippen LogP contribution in [0.3, 0.4) is 0 Å². The van der Waals surface area contributed by atoms with Gasteiger partial charge >= 0.3 is 0 Å². The predicted octanol–water partition coefficient (Wildman–Crippen LogP) is 7.51. The molecular weight excluding hydrogens is 306 g/mol. The Kier molecular flexibility index (Phi) is 19.4. The van der Waals surface area contributed by atoms with Crippen molar-refractivity contribution in [2.75, 3.05) is 13.6 Å². The highest BCUT2D eigenvalue weighted by molar-refractivity contribution is 5.75. The molecule has 25 heavy (non-hydrogen) atoms. The van der Waals surface area contributed by atoms with Gasteiger partial charge in [0.1, 0.15) is 0 Å². The predicted molar refractivity (Wildman–Crippen MR) is 112 cm³/mol. The molecule has 0 aliphatic heterocycles. The van der Waals surface area contributed by atoms with Gasteiger partial charge in [-0.05, 0) is 13.3 Å². The maximum atomic E-state index is 11.7. The molecular formula is C23H47NO. The van der Waals surface area contributed by atoms with E-state index in [1.807, 2.05) is 18.9 Å². The van der Waals surface area contributed by atoms with E-state index in [0.717, 1.165) is 19.4 Å². The molecule has 0 spiro atoms. The Bertz CT molecular complexity index is 277. The van der Waals surface area contributed by atoms with Crippen molar-refractivity contribution in [1.82, 2.24) is 4.90 Å². The third-order valence-corrected chi connectivity index (χ3v) is 5.39. The molecule has 0 saturated heterocycles. The highest BCUT2D eigenvalue weighted by atomic mass is 16.2. The van der Waals surface area contributed by atoms with E-state index in [-0.39, 0.29) is 0 Å². The molecule has 0 aromatic heterocycles. The van der Waals surface area contributed by atoms with Crippen LogP contribution in [0.25, 0.3) is 0 Å². The zero-order chi connectivity index (χ0) is 18.6. The van der Waals surface area contributed by atoms with Crippen LogP contribution in [-0.2, 0) is 4.79 Å². The topological polar surface area (TPSA) is 20.3 Å². The Hall–Kier alpha value is -0.530. The van der Waals surface area contributed by atoms with Crippen LogP contribution >= 0.6 is 0 Å². The van der Waals surface area contributed by atoms with Gasteiger partial charge in [-0.3, -0.25) is 4.79 Å². The van der Waals surface area contributed by atoms with Crippen molar-refractivity contribution in [3.63, 3.8) is 0 Å². The summed E-state index contributed by atoms with van der Waals surface area (Å²) in [7, 11) is 1.90. The minimum atomic E-state index is 0.309. The highest BCUT2D eigenvalue weighted by Gasteiger charge is 2.05. The second-order valence-corrected chi connectivity index (χ2v) is 7.81. The first-order valence-electron chi connectivity index (χ1n) is 11.5. The summed E-state index contributed by atoms with van der Waals surface area (Å²) in [5, 5.41) is 0. The number of carbonyl (C=O) groups excluding carboxylic acids is 1. The second kappa shape index (κ2) is 19.8. The lowest BCUT2D eigenvalue weighted by atomic mass is 10.0. The van der Waals surface area contributed by atoms with Crippen molar-refractivity contribution >= 4 is 5.91 Å². The summed E-state index contributed by atoms with van der Waals surface area (Å²) in [6.07, 6.45) is 24.3. The smallest absolute Gasteiger partial charge is 0.222 e. The molecule has 0 fully saturated rings. The molecule has 0 unspecified atom stereocenters. The summed E-state index contributed by atoms with van der Waals surface area (Å²) in [6.45, 7) is 5.15. The van der Waals surface area contributed by atoms with Gasteiger partial charge in [0.25, 0.3) is 0 Å². The van der Waals surface area contributed by atoms with Gasteiger partial charge < -0.3 is 4.90 Å². The van der Waals surface area contributed by atoms with E-state index >= 15 is 0 Å². The molecule has 0 bridgehead atoms. The van der Waals surface area contributed by atoms with Gasteiger partial charge in [-0.1, -0.05) is 110 Å². The van der Waals surface area contributed by atoms with E-state index < -0.39 is 0 Å². The van der Waals surface area contributed by atoms with Crippen LogP contribution in [0.4, 0.5) is 0 Å². The van der Waals surface area contributed by atoms with E-state index in [1.165, 1.54) is 103 Å². The van der Waals surface area contributed by atoms with Crippen molar-refractivity contribution in [1.29, 1.82) is 0 Å². The van der Waals surface area contributed by atoms with Gasteiger partial charge in [0.15, 0.2) is 0 Å². The summed E-state index contributed by atoms with van der Waals surface area (Å²) >= 11 is 0. The van der Waals surface area contributed by atoms with E-state index in [2.05, 4.69) is 6.92 Å². The van der Waals surface area contributed by atoms with Gasteiger partial charge in [-0.2, -0.15) is 0 Å².